The third-order valence-corrected chi connectivity index (χ3v) is 4.67. The van der Waals surface area contributed by atoms with Gasteiger partial charge in [0.2, 0.25) is 9.84 Å². The van der Waals surface area contributed by atoms with E-state index in [0.29, 0.717) is 10.7 Å². The van der Waals surface area contributed by atoms with Crippen LogP contribution in [0.3, 0.4) is 0 Å². The first-order valence-corrected chi connectivity index (χ1v) is 7.92. The molecule has 22 heavy (non-hydrogen) atoms. The summed E-state index contributed by atoms with van der Waals surface area (Å²) in [6, 6.07) is 12.4. The van der Waals surface area contributed by atoms with E-state index in [2.05, 4.69) is 5.32 Å². The van der Waals surface area contributed by atoms with Gasteiger partial charge < -0.3 is 5.32 Å². The van der Waals surface area contributed by atoms with Crippen LogP contribution in [0.25, 0.3) is 0 Å². The molecular weight excluding hydrogens is 327 g/mol. The summed E-state index contributed by atoms with van der Waals surface area (Å²) in [5.74, 6) is -0.413. The molecule has 0 aliphatic rings. The van der Waals surface area contributed by atoms with Crippen molar-refractivity contribution in [3.8, 4) is 6.07 Å². The first-order valence-electron chi connectivity index (χ1n) is 6.06. The van der Waals surface area contributed by atoms with Crippen LogP contribution in [0.5, 0.6) is 0 Å². The molecule has 0 aliphatic heterocycles. The molecule has 1 N–H and O–H groups in total. The number of nitrogens with one attached hydrogen (secondary N) is 1. The average Bonchev–Trinajstić information content (AvgIpc) is 2.50. The molecule has 4 nitrogen and oxygen atoms in total. The molecule has 2 rings (SSSR count). The van der Waals surface area contributed by atoms with Crippen molar-refractivity contribution in [3.05, 3.63) is 70.5 Å². The van der Waals surface area contributed by atoms with Gasteiger partial charge in [-0.2, -0.15) is 5.26 Å². The van der Waals surface area contributed by atoms with Crippen molar-refractivity contribution in [1.82, 2.24) is 0 Å². The summed E-state index contributed by atoms with van der Waals surface area (Å²) in [6.07, 6.45) is 1.07. The van der Waals surface area contributed by atoms with Crippen molar-refractivity contribution >= 4 is 27.1 Å². The van der Waals surface area contributed by atoms with Crippen molar-refractivity contribution in [1.29, 1.82) is 5.26 Å². The van der Waals surface area contributed by atoms with Crippen molar-refractivity contribution < 1.29 is 12.8 Å². The Labute approximate surface area is 132 Å². The highest BCUT2D eigenvalue weighted by molar-refractivity contribution is 7.95. The molecule has 0 saturated heterocycles. The second kappa shape index (κ2) is 6.60. The third kappa shape index (κ3) is 3.64. The summed E-state index contributed by atoms with van der Waals surface area (Å²) < 4.78 is 37.4. The number of anilines is 1. The molecule has 0 amide bonds. The second-order valence-electron chi connectivity index (χ2n) is 4.23. The molecule has 0 unspecified atom stereocenters. The zero-order valence-electron chi connectivity index (χ0n) is 11.1. The molecular formula is C15H10ClFN2O2S. The fourth-order valence-electron chi connectivity index (χ4n) is 1.61. The SMILES string of the molecule is N#C/C(=C\Nc1ccc(F)cc1)S(=O)(=O)c1ccc(Cl)cc1. The Morgan fingerprint density at radius 3 is 2.27 bits per heavy atom. The maximum atomic E-state index is 12.8. The summed E-state index contributed by atoms with van der Waals surface area (Å²) in [5, 5.41) is 12.1. The Hall–Kier alpha value is -2.36. The number of nitriles is 1. The van der Waals surface area contributed by atoms with E-state index in [-0.39, 0.29) is 4.90 Å². The molecule has 7 heteroatoms. The first kappa shape index (κ1) is 16.0. The lowest BCUT2D eigenvalue weighted by Gasteiger charge is -2.05. The van der Waals surface area contributed by atoms with Crippen molar-refractivity contribution in [2.45, 2.75) is 4.90 Å². The van der Waals surface area contributed by atoms with Gasteiger partial charge in [-0.25, -0.2) is 12.8 Å². The van der Waals surface area contributed by atoms with E-state index in [9.17, 15) is 12.8 Å². The van der Waals surface area contributed by atoms with Gasteiger partial charge in [-0.1, -0.05) is 11.6 Å². The predicted octanol–water partition coefficient (Wildman–Crippen LogP) is 3.73. The van der Waals surface area contributed by atoms with Gasteiger partial charge in [-0.15, -0.1) is 0 Å². The molecule has 0 heterocycles. The Kier molecular flexibility index (Phi) is 4.81. The monoisotopic (exact) mass is 336 g/mol. The summed E-state index contributed by atoms with van der Waals surface area (Å²) in [7, 11) is -3.94. The van der Waals surface area contributed by atoms with E-state index in [1.54, 1.807) is 6.07 Å². The van der Waals surface area contributed by atoms with Crippen LogP contribution in [0.2, 0.25) is 5.02 Å². The number of halogens is 2. The fourth-order valence-corrected chi connectivity index (χ4v) is 2.81. The van der Waals surface area contributed by atoms with Gasteiger partial charge in [0.05, 0.1) is 4.90 Å². The minimum Gasteiger partial charge on any atom is -0.360 e. The Bertz CT molecular complexity index is 839. The normalized spacial score (nSPS) is 11.8. The molecule has 112 valence electrons. The zero-order chi connectivity index (χ0) is 16.2. The minimum atomic E-state index is -3.94. The molecule has 2 aromatic carbocycles. The maximum absolute atomic E-state index is 12.8. The summed E-state index contributed by atoms with van der Waals surface area (Å²) in [4.78, 5) is -0.496. The smallest absolute Gasteiger partial charge is 0.218 e. The van der Waals surface area contributed by atoms with Crippen LogP contribution in [0.4, 0.5) is 10.1 Å². The van der Waals surface area contributed by atoms with Gasteiger partial charge >= 0.3 is 0 Å². The van der Waals surface area contributed by atoms with Crippen LogP contribution >= 0.6 is 11.6 Å². The van der Waals surface area contributed by atoms with Crippen molar-refractivity contribution in [2.75, 3.05) is 5.32 Å². The number of benzene rings is 2. The number of allylic oxidation sites excluding steroid dienone is 1. The summed E-state index contributed by atoms with van der Waals surface area (Å²) in [6.45, 7) is 0. The van der Waals surface area contributed by atoms with Gasteiger partial charge in [0.25, 0.3) is 0 Å². The van der Waals surface area contributed by atoms with Gasteiger partial charge in [0.15, 0.2) is 4.91 Å². The standard InChI is InChI=1S/C15H10ClFN2O2S/c16-11-1-7-14(8-2-11)22(20,21)15(9-18)10-19-13-5-3-12(17)4-6-13/h1-8,10,19H/b15-10+. The third-order valence-electron chi connectivity index (χ3n) is 2.74. The van der Waals surface area contributed by atoms with Crippen LogP contribution < -0.4 is 5.32 Å². The van der Waals surface area contributed by atoms with Crippen LogP contribution in [-0.2, 0) is 9.84 Å². The topological polar surface area (TPSA) is 70.0 Å². The zero-order valence-corrected chi connectivity index (χ0v) is 12.7. The minimum absolute atomic E-state index is 0.0365. The number of hydrogen-bond donors (Lipinski definition) is 1. The molecule has 0 radical (unpaired) electrons. The van der Waals surface area contributed by atoms with Gasteiger partial charge in [0, 0.05) is 16.9 Å². The number of rotatable bonds is 4. The summed E-state index contributed by atoms with van der Waals surface area (Å²) >= 11 is 5.71. The van der Waals surface area contributed by atoms with Crippen LogP contribution in [-0.4, -0.2) is 8.42 Å². The number of nitrogens with zero attached hydrogens (tertiary/aromatic N) is 1. The Balaban J connectivity index is 2.30. The molecule has 0 aliphatic carbocycles. The fraction of sp³-hybridized carbons (Fsp3) is 0. The molecule has 0 atom stereocenters. The van der Waals surface area contributed by atoms with Crippen LogP contribution in [0.15, 0.2) is 64.5 Å². The lowest BCUT2D eigenvalue weighted by molar-refractivity contribution is 0.603. The average molecular weight is 337 g/mol. The number of hydrogen-bond acceptors (Lipinski definition) is 4. The van der Waals surface area contributed by atoms with Crippen molar-refractivity contribution in [3.63, 3.8) is 0 Å². The molecule has 0 spiro atoms. The van der Waals surface area contributed by atoms with E-state index < -0.39 is 20.6 Å². The van der Waals surface area contributed by atoms with E-state index >= 15 is 0 Å². The van der Waals surface area contributed by atoms with Crippen LogP contribution in [0, 0.1) is 17.1 Å². The lowest BCUT2D eigenvalue weighted by Crippen LogP contribution is -2.05. The maximum Gasteiger partial charge on any atom is 0.218 e. The van der Waals surface area contributed by atoms with Crippen molar-refractivity contribution in [2.24, 2.45) is 0 Å². The quantitative estimate of drug-likeness (QED) is 0.864. The molecule has 0 aromatic heterocycles. The lowest BCUT2D eigenvalue weighted by atomic mass is 10.3. The van der Waals surface area contributed by atoms with E-state index in [0.717, 1.165) is 6.20 Å². The Morgan fingerprint density at radius 2 is 1.73 bits per heavy atom. The molecule has 2 aromatic rings. The van der Waals surface area contributed by atoms with Gasteiger partial charge in [-0.3, -0.25) is 0 Å². The summed E-state index contributed by atoms with van der Waals surface area (Å²) in [5.41, 5.74) is 0.459. The van der Waals surface area contributed by atoms with E-state index in [1.807, 2.05) is 0 Å². The van der Waals surface area contributed by atoms with E-state index in [4.69, 9.17) is 16.9 Å². The van der Waals surface area contributed by atoms with Gasteiger partial charge in [-0.05, 0) is 48.5 Å². The molecule has 0 fully saturated rings. The van der Waals surface area contributed by atoms with Crippen LogP contribution in [0.1, 0.15) is 0 Å². The largest absolute Gasteiger partial charge is 0.360 e. The molecule has 0 bridgehead atoms. The first-order chi connectivity index (χ1) is 10.4. The second-order valence-corrected chi connectivity index (χ2v) is 6.58. The highest BCUT2D eigenvalue weighted by Gasteiger charge is 2.20. The van der Waals surface area contributed by atoms with E-state index in [1.165, 1.54) is 48.5 Å². The Morgan fingerprint density at radius 1 is 1.14 bits per heavy atom. The highest BCUT2D eigenvalue weighted by Crippen LogP contribution is 2.21. The number of sulfone groups is 1. The van der Waals surface area contributed by atoms with Gasteiger partial charge in [0.1, 0.15) is 11.9 Å². The molecule has 0 saturated carbocycles. The predicted molar refractivity (Wildman–Crippen MR) is 82.4 cm³/mol. The highest BCUT2D eigenvalue weighted by atomic mass is 35.5.